The maximum absolute atomic E-state index is 11.6. The van der Waals surface area contributed by atoms with E-state index < -0.39 is 0 Å². The van der Waals surface area contributed by atoms with Gasteiger partial charge in [0.25, 0.3) is 5.56 Å². The second-order valence-corrected chi connectivity index (χ2v) is 5.68. The Morgan fingerprint density at radius 2 is 2.12 bits per heavy atom. The number of hydrogen-bond donors (Lipinski definition) is 2. The molecular weight excluding hydrogens is 335 g/mol. The summed E-state index contributed by atoms with van der Waals surface area (Å²) in [6, 6.07) is 0. The zero-order valence-electron chi connectivity index (χ0n) is 9.36. The second-order valence-electron chi connectivity index (χ2n) is 4.52. The third-order valence-corrected chi connectivity index (χ3v) is 4.22. The summed E-state index contributed by atoms with van der Waals surface area (Å²) in [5.41, 5.74) is -0.698. The third-order valence-electron chi connectivity index (χ3n) is 3.45. The molecule has 5 nitrogen and oxygen atoms in total. The number of nitrogens with one attached hydrogen (secondary N) is 1. The fourth-order valence-corrected chi connectivity index (χ4v) is 2.94. The van der Waals surface area contributed by atoms with Crippen LogP contribution in [-0.2, 0) is 6.54 Å². The largest absolute Gasteiger partial charge is 0.396 e. The second kappa shape index (κ2) is 5.34. The molecule has 1 saturated carbocycles. The molecule has 0 spiro atoms. The summed E-state index contributed by atoms with van der Waals surface area (Å²) in [5.74, 6) is 0.617. The van der Waals surface area contributed by atoms with E-state index in [4.69, 9.17) is 0 Å². The molecular formula is C11H15IN2O3. The highest BCUT2D eigenvalue weighted by Gasteiger charge is 2.27. The van der Waals surface area contributed by atoms with E-state index in [0.717, 1.165) is 19.3 Å². The molecule has 1 fully saturated rings. The molecule has 6 heteroatoms. The zero-order valence-corrected chi connectivity index (χ0v) is 11.5. The Bertz CT molecular complexity index is 508. The van der Waals surface area contributed by atoms with Gasteiger partial charge >= 0.3 is 5.69 Å². The summed E-state index contributed by atoms with van der Waals surface area (Å²) >= 11 is 1.91. The maximum Gasteiger partial charge on any atom is 0.328 e. The minimum Gasteiger partial charge on any atom is -0.396 e. The summed E-state index contributed by atoms with van der Waals surface area (Å²) in [4.78, 5) is 25.1. The van der Waals surface area contributed by atoms with E-state index in [-0.39, 0.29) is 23.8 Å². The van der Waals surface area contributed by atoms with Crippen LogP contribution < -0.4 is 11.2 Å². The van der Waals surface area contributed by atoms with Crippen LogP contribution >= 0.6 is 22.6 Å². The molecule has 1 aliphatic carbocycles. The number of rotatable bonds is 3. The van der Waals surface area contributed by atoms with E-state index in [1.54, 1.807) is 10.8 Å². The van der Waals surface area contributed by atoms with Crippen LogP contribution in [0.1, 0.15) is 19.3 Å². The summed E-state index contributed by atoms with van der Waals surface area (Å²) in [6.45, 7) is 0.761. The van der Waals surface area contributed by atoms with Gasteiger partial charge < -0.3 is 5.11 Å². The summed E-state index contributed by atoms with van der Waals surface area (Å²) in [7, 11) is 0. The molecule has 0 saturated heterocycles. The van der Waals surface area contributed by atoms with Gasteiger partial charge in [-0.1, -0.05) is 6.42 Å². The fourth-order valence-electron chi connectivity index (χ4n) is 2.47. The lowest BCUT2D eigenvalue weighted by Gasteiger charge is -2.18. The van der Waals surface area contributed by atoms with Crippen molar-refractivity contribution < 1.29 is 5.11 Å². The molecule has 0 unspecified atom stereocenters. The lowest BCUT2D eigenvalue weighted by atomic mass is 9.97. The molecule has 17 heavy (non-hydrogen) atoms. The van der Waals surface area contributed by atoms with Crippen LogP contribution in [0.2, 0.25) is 0 Å². The average Bonchev–Trinajstić information content (AvgIpc) is 2.73. The zero-order chi connectivity index (χ0) is 12.4. The van der Waals surface area contributed by atoms with Crippen molar-refractivity contribution >= 4 is 22.6 Å². The SMILES string of the molecule is O=c1[nH]c(=O)n(C[C@H]2CCC[C@H]2CO)cc1I. The maximum atomic E-state index is 11.6. The first-order valence-corrected chi connectivity index (χ1v) is 6.80. The van der Waals surface area contributed by atoms with Crippen molar-refractivity contribution in [3.63, 3.8) is 0 Å². The molecule has 2 rings (SSSR count). The standard InChI is InChI=1S/C11H15IN2O3/c12-9-5-14(11(17)13-10(9)16)4-7-2-1-3-8(7)6-15/h5,7-8,15H,1-4,6H2,(H,13,16,17)/t7-,8+/m1/s1. The number of nitrogens with zero attached hydrogens (tertiary/aromatic N) is 1. The van der Waals surface area contributed by atoms with E-state index in [9.17, 15) is 14.7 Å². The van der Waals surface area contributed by atoms with E-state index in [0.29, 0.717) is 16.0 Å². The van der Waals surface area contributed by atoms with Gasteiger partial charge in [0.2, 0.25) is 0 Å². The summed E-state index contributed by atoms with van der Waals surface area (Å²) in [5, 5.41) is 9.24. The monoisotopic (exact) mass is 350 g/mol. The van der Waals surface area contributed by atoms with Crippen LogP contribution in [0.4, 0.5) is 0 Å². The molecule has 0 bridgehead atoms. The van der Waals surface area contributed by atoms with Crippen LogP contribution in [-0.4, -0.2) is 21.3 Å². The van der Waals surface area contributed by atoms with E-state index >= 15 is 0 Å². The molecule has 2 N–H and O–H groups in total. The van der Waals surface area contributed by atoms with Crippen molar-refractivity contribution in [3.05, 3.63) is 30.6 Å². The average molecular weight is 350 g/mol. The number of halogens is 1. The number of aliphatic hydroxyl groups excluding tert-OH is 1. The Balaban J connectivity index is 2.21. The highest BCUT2D eigenvalue weighted by Crippen LogP contribution is 2.32. The molecule has 1 heterocycles. The van der Waals surface area contributed by atoms with Crippen LogP contribution in [0.15, 0.2) is 15.8 Å². The first-order valence-electron chi connectivity index (χ1n) is 5.72. The Kier molecular flexibility index (Phi) is 4.03. The van der Waals surface area contributed by atoms with E-state index in [1.165, 1.54) is 0 Å². The molecule has 1 aromatic rings. The van der Waals surface area contributed by atoms with Gasteiger partial charge in [-0.25, -0.2) is 4.79 Å². The Labute approximate surface area is 112 Å². The predicted molar refractivity (Wildman–Crippen MR) is 72.0 cm³/mol. The number of H-pyrrole nitrogens is 1. The first-order chi connectivity index (χ1) is 8.11. The van der Waals surface area contributed by atoms with Gasteiger partial charge in [0, 0.05) is 19.3 Å². The van der Waals surface area contributed by atoms with Gasteiger partial charge in [-0.15, -0.1) is 0 Å². The molecule has 2 atom stereocenters. The first kappa shape index (κ1) is 12.8. The summed E-state index contributed by atoms with van der Waals surface area (Å²) < 4.78 is 2.06. The molecule has 0 amide bonds. The van der Waals surface area contributed by atoms with E-state index in [2.05, 4.69) is 4.98 Å². The Hall–Kier alpha value is -0.630. The van der Waals surface area contributed by atoms with Gasteiger partial charge in [-0.05, 0) is 47.3 Å². The normalized spacial score (nSPS) is 24.1. The van der Waals surface area contributed by atoms with Crippen molar-refractivity contribution in [3.8, 4) is 0 Å². The van der Waals surface area contributed by atoms with Crippen molar-refractivity contribution in [2.24, 2.45) is 11.8 Å². The number of aliphatic hydroxyl groups is 1. The van der Waals surface area contributed by atoms with Gasteiger partial charge in [0.05, 0.1) is 3.57 Å². The highest BCUT2D eigenvalue weighted by molar-refractivity contribution is 14.1. The minimum atomic E-state index is -0.362. The van der Waals surface area contributed by atoms with E-state index in [1.807, 2.05) is 22.6 Å². The van der Waals surface area contributed by atoms with Crippen LogP contribution in [0.3, 0.4) is 0 Å². The number of aromatic amines is 1. The lowest BCUT2D eigenvalue weighted by Crippen LogP contribution is -2.33. The Morgan fingerprint density at radius 1 is 1.41 bits per heavy atom. The smallest absolute Gasteiger partial charge is 0.328 e. The Morgan fingerprint density at radius 3 is 2.82 bits per heavy atom. The molecule has 0 aromatic carbocycles. The van der Waals surface area contributed by atoms with Crippen LogP contribution in [0.5, 0.6) is 0 Å². The lowest BCUT2D eigenvalue weighted by molar-refractivity contribution is 0.183. The predicted octanol–water partition coefficient (Wildman–Crippen LogP) is 0.550. The fraction of sp³-hybridized carbons (Fsp3) is 0.636. The third kappa shape index (κ3) is 2.79. The van der Waals surface area contributed by atoms with Crippen LogP contribution in [0.25, 0.3) is 0 Å². The summed E-state index contributed by atoms with van der Waals surface area (Å²) in [6.07, 6.45) is 4.75. The van der Waals surface area contributed by atoms with Crippen molar-refractivity contribution in [2.75, 3.05) is 6.61 Å². The van der Waals surface area contributed by atoms with Gasteiger partial charge in [0.15, 0.2) is 0 Å². The number of aromatic nitrogens is 2. The van der Waals surface area contributed by atoms with Gasteiger partial charge in [-0.3, -0.25) is 14.3 Å². The van der Waals surface area contributed by atoms with Crippen molar-refractivity contribution in [1.82, 2.24) is 9.55 Å². The topological polar surface area (TPSA) is 75.1 Å². The minimum absolute atomic E-state index is 0.180. The molecule has 1 aromatic heterocycles. The molecule has 1 aliphatic rings. The quantitative estimate of drug-likeness (QED) is 0.782. The van der Waals surface area contributed by atoms with Crippen molar-refractivity contribution in [1.29, 1.82) is 0 Å². The van der Waals surface area contributed by atoms with Crippen LogP contribution in [0, 0.1) is 15.4 Å². The molecule has 0 aliphatic heterocycles. The van der Waals surface area contributed by atoms with Crippen molar-refractivity contribution in [2.45, 2.75) is 25.8 Å². The van der Waals surface area contributed by atoms with Gasteiger partial charge in [-0.2, -0.15) is 0 Å². The molecule has 0 radical (unpaired) electrons. The molecule has 94 valence electrons. The highest BCUT2D eigenvalue weighted by atomic mass is 127. The van der Waals surface area contributed by atoms with Gasteiger partial charge in [0.1, 0.15) is 0 Å². The number of hydrogen-bond acceptors (Lipinski definition) is 3.